The van der Waals surface area contributed by atoms with Gasteiger partial charge in [-0.05, 0) is 104 Å². The van der Waals surface area contributed by atoms with Crippen LogP contribution < -0.4 is 0 Å². The third kappa shape index (κ3) is 8.20. The summed E-state index contributed by atoms with van der Waals surface area (Å²) in [5.41, 5.74) is 6.68. The summed E-state index contributed by atoms with van der Waals surface area (Å²) in [6.07, 6.45) is 7.39. The van der Waals surface area contributed by atoms with Crippen LogP contribution in [-0.4, -0.2) is 57.9 Å². The maximum atomic E-state index is 13.9. The molecule has 1 N–H and O–H groups in total. The number of nitrogens with zero attached hydrogens (tertiary/aromatic N) is 3. The van der Waals surface area contributed by atoms with Gasteiger partial charge in [0.25, 0.3) is 0 Å². The van der Waals surface area contributed by atoms with Gasteiger partial charge in [0.2, 0.25) is 0 Å². The van der Waals surface area contributed by atoms with Crippen LogP contribution in [0.3, 0.4) is 0 Å². The van der Waals surface area contributed by atoms with Crippen molar-refractivity contribution in [2.24, 2.45) is 27.7 Å². The highest BCUT2D eigenvalue weighted by atomic mass is 16.4. The molecule has 2 atom stereocenters. The largest absolute Gasteiger partial charge is 0.481 e. The Morgan fingerprint density at radius 3 is 2.41 bits per heavy atom. The third-order valence-corrected chi connectivity index (χ3v) is 11.0. The number of aryl methyl sites for hydroxylation is 1. The number of hydrogen-bond acceptors (Lipinski definition) is 6. The average Bonchev–Trinajstić information content (AvgIpc) is 3.44. The first-order chi connectivity index (χ1) is 21.7. The minimum Gasteiger partial charge on any atom is -0.481 e. The smallest absolute Gasteiger partial charge is 0.306 e. The van der Waals surface area contributed by atoms with Gasteiger partial charge in [-0.15, -0.1) is 0 Å². The fourth-order valence-electron chi connectivity index (χ4n) is 7.26. The Bertz CT molecular complexity index is 1490. The number of benzene rings is 1. The summed E-state index contributed by atoms with van der Waals surface area (Å²) < 4.78 is 0. The highest BCUT2D eigenvalue weighted by Crippen LogP contribution is 2.39. The molecule has 0 spiro atoms. The highest BCUT2D eigenvalue weighted by Gasteiger charge is 2.32. The van der Waals surface area contributed by atoms with Gasteiger partial charge in [0.15, 0.2) is 11.6 Å². The molecule has 7 nitrogen and oxygen atoms in total. The normalized spacial score (nSPS) is 19.7. The molecular formula is C39H53N3O4. The van der Waals surface area contributed by atoms with Gasteiger partial charge in [0.1, 0.15) is 0 Å². The molecule has 248 valence electrons. The van der Waals surface area contributed by atoms with E-state index in [0.29, 0.717) is 49.3 Å². The van der Waals surface area contributed by atoms with E-state index in [2.05, 4.69) is 52.5 Å². The van der Waals surface area contributed by atoms with Crippen LogP contribution in [0.1, 0.15) is 125 Å². The number of carbonyl (C=O) groups is 3. The molecule has 2 aliphatic heterocycles. The van der Waals surface area contributed by atoms with E-state index in [1.165, 1.54) is 11.3 Å². The molecule has 46 heavy (non-hydrogen) atoms. The number of carboxylic acids is 1. The topological polar surface area (TPSA) is 99.9 Å². The number of Topliss-reactive ketones (excluding diaryl/α,β-unsaturated/α-hetero) is 2. The van der Waals surface area contributed by atoms with Crippen LogP contribution in [0.4, 0.5) is 5.69 Å². The van der Waals surface area contributed by atoms with E-state index in [-0.39, 0.29) is 34.2 Å². The summed E-state index contributed by atoms with van der Waals surface area (Å²) in [6, 6.07) is 10.1. The van der Waals surface area contributed by atoms with Crippen LogP contribution in [0.25, 0.3) is 0 Å². The molecule has 5 rings (SSSR count). The molecule has 1 aromatic carbocycles. The Balaban J connectivity index is 1.33. The molecule has 0 radical (unpaired) electrons. The molecule has 2 aromatic rings. The van der Waals surface area contributed by atoms with Crippen molar-refractivity contribution in [3.8, 4) is 0 Å². The number of aliphatic imine (C=N–C) groups is 1. The van der Waals surface area contributed by atoms with Crippen molar-refractivity contribution in [3.63, 3.8) is 0 Å². The molecular weight excluding hydrogens is 574 g/mol. The van der Waals surface area contributed by atoms with E-state index in [9.17, 15) is 19.5 Å². The standard InChI is InChI=1S/C39H53N3O4/c1-7-39(5,6)24-36(44)28-10-8-9-26(19-28)27(15-18-42-16-13-25(14-17-42)37(45)46)22-35(43)34-23-33-32(41-34)21-29-20-30(38(2,3)4)11-12-31(29)40-33/h8-10,19,21,25,27,30H,7,11-18,20,22-24H2,1-6H3,(H,45,46)/t27-,30-/m0/s1. The zero-order valence-corrected chi connectivity index (χ0v) is 28.8. The number of aliphatic carboxylic acids is 1. The molecule has 3 aliphatic rings. The summed E-state index contributed by atoms with van der Waals surface area (Å²) in [6.45, 7) is 15.6. The number of aromatic nitrogens is 1. The van der Waals surface area contributed by atoms with Gasteiger partial charge in [-0.1, -0.05) is 66.2 Å². The van der Waals surface area contributed by atoms with E-state index in [4.69, 9.17) is 9.98 Å². The average molecular weight is 628 g/mol. The lowest BCUT2D eigenvalue weighted by Crippen LogP contribution is -2.37. The van der Waals surface area contributed by atoms with Crippen molar-refractivity contribution in [1.82, 2.24) is 9.88 Å². The van der Waals surface area contributed by atoms with Crippen LogP contribution in [0, 0.1) is 22.7 Å². The number of likely N-dealkylation sites (tertiary alicyclic amines) is 1. The van der Waals surface area contributed by atoms with E-state index in [1.807, 2.05) is 24.3 Å². The van der Waals surface area contributed by atoms with Crippen molar-refractivity contribution < 1.29 is 19.5 Å². The number of fused-ring (bicyclic) bond motifs is 2. The van der Waals surface area contributed by atoms with E-state index < -0.39 is 5.97 Å². The molecule has 0 unspecified atom stereocenters. The number of carboxylic acid groups (broad SMARTS) is 1. The second-order valence-electron chi connectivity index (χ2n) is 15.9. The molecule has 7 heteroatoms. The quantitative estimate of drug-likeness (QED) is 0.241. The predicted octanol–water partition coefficient (Wildman–Crippen LogP) is 7.80. The summed E-state index contributed by atoms with van der Waals surface area (Å²) in [4.78, 5) is 50.8. The van der Waals surface area contributed by atoms with Gasteiger partial charge in [-0.2, -0.15) is 0 Å². The zero-order valence-electron chi connectivity index (χ0n) is 28.8. The Hall–Kier alpha value is -3.19. The molecule has 0 amide bonds. The Labute approximate surface area is 275 Å². The maximum absolute atomic E-state index is 13.9. The molecule has 1 aromatic heterocycles. The molecule has 0 saturated carbocycles. The van der Waals surface area contributed by atoms with E-state index >= 15 is 0 Å². The first-order valence-electron chi connectivity index (χ1n) is 17.4. The molecule has 1 fully saturated rings. The van der Waals surface area contributed by atoms with Crippen LogP contribution in [-0.2, 0) is 28.9 Å². The summed E-state index contributed by atoms with van der Waals surface area (Å²) in [5, 5.41) is 9.42. The lowest BCUT2D eigenvalue weighted by atomic mass is 9.71. The number of rotatable bonds is 12. The molecule has 0 bridgehead atoms. The lowest BCUT2D eigenvalue weighted by Gasteiger charge is -2.34. The van der Waals surface area contributed by atoms with Crippen LogP contribution in [0.15, 0.2) is 35.3 Å². The Morgan fingerprint density at radius 1 is 1.00 bits per heavy atom. The summed E-state index contributed by atoms with van der Waals surface area (Å²) >= 11 is 0. The van der Waals surface area contributed by atoms with Crippen molar-refractivity contribution in [3.05, 3.63) is 58.4 Å². The minimum atomic E-state index is -0.710. The van der Waals surface area contributed by atoms with Gasteiger partial charge in [0, 0.05) is 30.5 Å². The Morgan fingerprint density at radius 2 is 1.74 bits per heavy atom. The first-order valence-corrected chi connectivity index (χ1v) is 17.4. The highest BCUT2D eigenvalue weighted by molar-refractivity contribution is 6.41. The predicted molar refractivity (Wildman–Crippen MR) is 183 cm³/mol. The van der Waals surface area contributed by atoms with Gasteiger partial charge in [-0.25, -0.2) is 4.99 Å². The second-order valence-corrected chi connectivity index (χ2v) is 15.9. The van der Waals surface area contributed by atoms with Crippen LogP contribution in [0.5, 0.6) is 0 Å². The summed E-state index contributed by atoms with van der Waals surface area (Å²) in [7, 11) is 0. The SMILES string of the molecule is CCC(C)(C)CC(=O)c1cccc([C@@H](CCN2CCC(C(=O)O)CC2)CC(=O)C2=Nc3cc4c(nc3C2)CC[C@H](C(C)(C)C)C4)c1. The number of pyridine rings is 1. The fraction of sp³-hybridized carbons (Fsp3) is 0.615. The van der Waals surface area contributed by atoms with Crippen LogP contribution in [0.2, 0.25) is 0 Å². The first kappa shape index (κ1) is 34.2. The van der Waals surface area contributed by atoms with Crippen molar-refractivity contribution in [2.75, 3.05) is 19.6 Å². The number of hydrogen-bond donors (Lipinski definition) is 1. The molecule has 3 heterocycles. The van der Waals surface area contributed by atoms with Crippen molar-refractivity contribution in [2.45, 2.75) is 112 Å². The van der Waals surface area contributed by atoms with Crippen molar-refractivity contribution in [1.29, 1.82) is 0 Å². The van der Waals surface area contributed by atoms with E-state index in [1.54, 1.807) is 0 Å². The number of ketones is 2. The molecule has 1 saturated heterocycles. The van der Waals surface area contributed by atoms with Crippen LogP contribution >= 0.6 is 0 Å². The lowest BCUT2D eigenvalue weighted by molar-refractivity contribution is -0.143. The maximum Gasteiger partial charge on any atom is 0.306 e. The second kappa shape index (κ2) is 13.9. The van der Waals surface area contributed by atoms with Gasteiger partial charge in [-0.3, -0.25) is 19.4 Å². The van der Waals surface area contributed by atoms with E-state index in [0.717, 1.165) is 68.7 Å². The van der Waals surface area contributed by atoms with Crippen molar-refractivity contribution >= 4 is 28.9 Å². The minimum absolute atomic E-state index is 0.0435. The van der Waals surface area contributed by atoms with Gasteiger partial charge in [0.05, 0.1) is 23.0 Å². The number of carbonyl (C=O) groups excluding carboxylic acids is 2. The third-order valence-electron chi connectivity index (χ3n) is 11.0. The van der Waals surface area contributed by atoms with Gasteiger partial charge >= 0.3 is 5.97 Å². The summed E-state index contributed by atoms with van der Waals surface area (Å²) in [5.74, 6) is -0.270. The Kier molecular flexibility index (Phi) is 10.3. The number of piperidine rings is 1. The fourth-order valence-corrected chi connectivity index (χ4v) is 7.26. The zero-order chi connectivity index (χ0) is 33.2. The monoisotopic (exact) mass is 627 g/mol. The molecule has 1 aliphatic carbocycles. The van der Waals surface area contributed by atoms with Gasteiger partial charge < -0.3 is 10.0 Å².